The number of aromatic nitrogens is 1. The summed E-state index contributed by atoms with van der Waals surface area (Å²) in [6.45, 7) is 2.65. The fraction of sp³-hybridized carbons (Fsp3) is 0.304. The summed E-state index contributed by atoms with van der Waals surface area (Å²) in [6.07, 6.45) is 0.108. The summed E-state index contributed by atoms with van der Waals surface area (Å²) in [5.74, 6) is 0.257. The Labute approximate surface area is 185 Å². The average molecular weight is 445 g/mol. The molecule has 0 aliphatic heterocycles. The number of nitrogens with zero attached hydrogens (tertiary/aromatic N) is 1. The first kappa shape index (κ1) is 22.8. The van der Waals surface area contributed by atoms with Gasteiger partial charge in [0.05, 0.1) is 38.9 Å². The summed E-state index contributed by atoms with van der Waals surface area (Å²) in [6, 6.07) is 12.1. The molecule has 7 nitrogen and oxygen atoms in total. The molecule has 0 aliphatic rings. The average Bonchev–Trinajstić information content (AvgIpc) is 3.04. The van der Waals surface area contributed by atoms with Gasteiger partial charge < -0.3 is 19.9 Å². The zero-order valence-electron chi connectivity index (χ0n) is 17.5. The molecule has 0 saturated heterocycles. The van der Waals surface area contributed by atoms with Crippen molar-refractivity contribution in [1.82, 2.24) is 9.88 Å². The maximum absolute atomic E-state index is 13.3. The summed E-state index contributed by atoms with van der Waals surface area (Å²) in [5, 5.41) is 12.9. The van der Waals surface area contributed by atoms with E-state index < -0.39 is 0 Å². The van der Waals surface area contributed by atoms with E-state index in [1.807, 2.05) is 19.1 Å². The van der Waals surface area contributed by atoms with Crippen LogP contribution in [-0.2, 0) is 16.0 Å². The number of carbonyl (C=O) groups is 2. The molecule has 0 spiro atoms. The zero-order valence-corrected chi connectivity index (χ0v) is 18.2. The quantitative estimate of drug-likeness (QED) is 0.495. The molecular weight excluding hydrogens is 420 g/mol. The molecule has 0 bridgehead atoms. The lowest BCUT2D eigenvalue weighted by Gasteiger charge is -2.08. The number of hydrogen-bond donors (Lipinski definition) is 2. The van der Waals surface area contributed by atoms with Gasteiger partial charge in [-0.1, -0.05) is 11.6 Å². The maximum atomic E-state index is 13.3. The Morgan fingerprint density at radius 2 is 1.87 bits per heavy atom. The minimum atomic E-state index is -0.201. The molecule has 1 heterocycles. The molecule has 31 heavy (non-hydrogen) atoms. The lowest BCUT2D eigenvalue weighted by Crippen LogP contribution is -2.29. The molecule has 3 aromatic rings. The van der Waals surface area contributed by atoms with Gasteiger partial charge in [-0.15, -0.1) is 0 Å². The van der Waals surface area contributed by atoms with Crippen LogP contribution in [0.2, 0.25) is 5.02 Å². The molecule has 2 aromatic carbocycles. The highest BCUT2D eigenvalue weighted by molar-refractivity contribution is 6.30. The van der Waals surface area contributed by atoms with Crippen LogP contribution in [-0.4, -0.2) is 55.0 Å². The van der Waals surface area contributed by atoms with E-state index in [9.17, 15) is 9.59 Å². The predicted molar refractivity (Wildman–Crippen MR) is 119 cm³/mol. The number of hydrogen-bond acceptors (Lipinski definition) is 5. The predicted octanol–water partition coefficient (Wildman–Crippen LogP) is 2.97. The second-order valence-corrected chi connectivity index (χ2v) is 7.39. The summed E-state index contributed by atoms with van der Waals surface area (Å²) in [7, 11) is 1.57. The number of carbonyl (C=O) groups excluding carboxylic acids is 2. The van der Waals surface area contributed by atoms with Gasteiger partial charge in [-0.05, 0) is 55.0 Å². The number of aliphatic hydroxyl groups is 1. The second-order valence-electron chi connectivity index (χ2n) is 6.96. The monoisotopic (exact) mass is 444 g/mol. The van der Waals surface area contributed by atoms with E-state index in [2.05, 4.69) is 5.32 Å². The molecule has 0 saturated carbocycles. The molecule has 0 atom stereocenters. The lowest BCUT2D eigenvalue weighted by molar-refractivity contribution is -0.120. The van der Waals surface area contributed by atoms with Crippen LogP contribution in [0.3, 0.4) is 0 Å². The van der Waals surface area contributed by atoms with Crippen molar-refractivity contribution in [2.45, 2.75) is 13.3 Å². The molecule has 1 amide bonds. The highest BCUT2D eigenvalue weighted by Gasteiger charge is 2.22. The summed E-state index contributed by atoms with van der Waals surface area (Å²) in [4.78, 5) is 25.8. The summed E-state index contributed by atoms with van der Waals surface area (Å²) < 4.78 is 12.1. The van der Waals surface area contributed by atoms with Gasteiger partial charge in [0.25, 0.3) is 5.91 Å². The Kier molecular flexibility index (Phi) is 7.68. The molecule has 8 heteroatoms. The first-order valence-electron chi connectivity index (χ1n) is 9.89. The van der Waals surface area contributed by atoms with E-state index >= 15 is 0 Å². The summed E-state index contributed by atoms with van der Waals surface area (Å²) in [5.41, 5.74) is 2.64. The van der Waals surface area contributed by atoms with Crippen molar-refractivity contribution in [2.75, 3.05) is 33.5 Å². The van der Waals surface area contributed by atoms with Crippen LogP contribution < -0.4 is 10.1 Å². The molecule has 0 fully saturated rings. The van der Waals surface area contributed by atoms with Crippen LogP contribution in [0.5, 0.6) is 5.75 Å². The number of halogens is 1. The van der Waals surface area contributed by atoms with Crippen LogP contribution in [0.25, 0.3) is 10.9 Å². The van der Waals surface area contributed by atoms with Gasteiger partial charge in [0, 0.05) is 28.2 Å². The van der Waals surface area contributed by atoms with Crippen molar-refractivity contribution in [2.24, 2.45) is 0 Å². The van der Waals surface area contributed by atoms with Gasteiger partial charge in [0.2, 0.25) is 5.91 Å². The summed E-state index contributed by atoms with van der Waals surface area (Å²) >= 11 is 5.96. The van der Waals surface area contributed by atoms with Crippen molar-refractivity contribution in [3.05, 3.63) is 64.3 Å². The molecule has 1 aromatic heterocycles. The third-order valence-electron chi connectivity index (χ3n) is 4.98. The zero-order chi connectivity index (χ0) is 22.4. The van der Waals surface area contributed by atoms with E-state index in [1.54, 1.807) is 42.0 Å². The first-order chi connectivity index (χ1) is 15.0. The number of methoxy groups -OCH3 is 1. The van der Waals surface area contributed by atoms with Crippen molar-refractivity contribution >= 4 is 34.3 Å². The standard InChI is InChI=1S/C23H25ClN2O5/c1-15-19(14-22(28)25-9-11-31-12-10-27)20-13-18(30-2)7-8-21(20)26(15)23(29)16-3-5-17(24)6-4-16/h3-8,13,27H,9-12,14H2,1-2H3,(H,25,28). The molecular formula is C23H25ClN2O5. The number of benzene rings is 2. The van der Waals surface area contributed by atoms with Gasteiger partial charge in [-0.3, -0.25) is 14.2 Å². The Morgan fingerprint density at radius 1 is 1.13 bits per heavy atom. The molecule has 164 valence electrons. The minimum absolute atomic E-state index is 0.0594. The van der Waals surface area contributed by atoms with Crippen molar-refractivity contribution in [3.8, 4) is 5.75 Å². The molecule has 0 unspecified atom stereocenters. The van der Waals surface area contributed by atoms with Crippen LogP contribution in [0.4, 0.5) is 0 Å². The number of ether oxygens (including phenoxy) is 2. The van der Waals surface area contributed by atoms with Crippen LogP contribution >= 0.6 is 11.6 Å². The number of fused-ring (bicyclic) bond motifs is 1. The maximum Gasteiger partial charge on any atom is 0.262 e. The number of aliphatic hydroxyl groups excluding tert-OH is 1. The Balaban J connectivity index is 1.93. The van der Waals surface area contributed by atoms with Crippen molar-refractivity contribution in [3.63, 3.8) is 0 Å². The fourth-order valence-corrected chi connectivity index (χ4v) is 3.57. The number of nitrogens with one attached hydrogen (secondary N) is 1. The van der Waals surface area contributed by atoms with Gasteiger partial charge in [-0.25, -0.2) is 0 Å². The van der Waals surface area contributed by atoms with Gasteiger partial charge in [0.1, 0.15) is 5.75 Å². The van der Waals surface area contributed by atoms with Gasteiger partial charge in [-0.2, -0.15) is 0 Å². The highest BCUT2D eigenvalue weighted by Crippen LogP contribution is 2.30. The highest BCUT2D eigenvalue weighted by atomic mass is 35.5. The SMILES string of the molecule is COc1ccc2c(c1)c(CC(=O)NCCOCCO)c(C)n2C(=O)c1ccc(Cl)cc1. The van der Waals surface area contributed by atoms with E-state index in [0.29, 0.717) is 40.7 Å². The number of amides is 1. The molecule has 3 rings (SSSR count). The fourth-order valence-electron chi connectivity index (χ4n) is 3.45. The lowest BCUT2D eigenvalue weighted by atomic mass is 10.1. The largest absolute Gasteiger partial charge is 0.497 e. The second kappa shape index (κ2) is 10.4. The topological polar surface area (TPSA) is 89.8 Å². The smallest absolute Gasteiger partial charge is 0.262 e. The van der Waals surface area contributed by atoms with Crippen LogP contribution in [0.15, 0.2) is 42.5 Å². The molecule has 0 aliphatic carbocycles. The van der Waals surface area contributed by atoms with Crippen LogP contribution in [0.1, 0.15) is 21.6 Å². The van der Waals surface area contributed by atoms with E-state index in [1.165, 1.54) is 0 Å². The minimum Gasteiger partial charge on any atom is -0.497 e. The third kappa shape index (κ3) is 5.25. The number of rotatable bonds is 9. The van der Waals surface area contributed by atoms with E-state index in [-0.39, 0.29) is 31.4 Å². The Morgan fingerprint density at radius 3 is 2.55 bits per heavy atom. The first-order valence-corrected chi connectivity index (χ1v) is 10.3. The molecule has 0 radical (unpaired) electrons. The Hall–Kier alpha value is -2.87. The van der Waals surface area contributed by atoms with Crippen molar-refractivity contribution in [1.29, 1.82) is 0 Å². The third-order valence-corrected chi connectivity index (χ3v) is 5.23. The molecule has 2 N–H and O–H groups in total. The normalized spacial score (nSPS) is 11.0. The Bertz CT molecular complexity index is 1080. The van der Waals surface area contributed by atoms with Crippen LogP contribution in [0, 0.1) is 6.92 Å². The van der Waals surface area contributed by atoms with Gasteiger partial charge >= 0.3 is 0 Å². The van der Waals surface area contributed by atoms with Crippen molar-refractivity contribution < 1.29 is 24.2 Å². The van der Waals surface area contributed by atoms with Gasteiger partial charge in [0.15, 0.2) is 0 Å². The van der Waals surface area contributed by atoms with E-state index in [4.69, 9.17) is 26.2 Å². The van der Waals surface area contributed by atoms with E-state index in [0.717, 1.165) is 10.9 Å².